The highest BCUT2D eigenvalue weighted by molar-refractivity contribution is 7.47. The van der Waals surface area contributed by atoms with Crippen molar-refractivity contribution in [2.75, 3.05) is 54.1 Å². The molecule has 0 rings (SSSR count). The number of nitrogens with zero attached hydrogens (tertiary/aromatic N) is 1. The second-order valence-corrected chi connectivity index (χ2v) is 21.4. The number of ether oxygens (including phenoxy) is 2. The lowest BCUT2D eigenvalue weighted by molar-refractivity contribution is -0.870. The quantitative estimate of drug-likeness (QED) is 0.0214. The van der Waals surface area contributed by atoms with Crippen LogP contribution in [0.3, 0.4) is 0 Å². The Morgan fingerprint density at radius 3 is 1.27 bits per heavy atom. The van der Waals surface area contributed by atoms with Crippen molar-refractivity contribution in [1.82, 2.24) is 0 Å². The first-order chi connectivity index (χ1) is 31.1. The Balaban J connectivity index is 4.08. The van der Waals surface area contributed by atoms with Crippen LogP contribution in [0.4, 0.5) is 0 Å². The number of rotatable bonds is 52. The number of unbranched alkanes of at least 4 members (excludes halogenated alkanes) is 34. The number of phosphoric acid groups is 1. The van der Waals surface area contributed by atoms with Gasteiger partial charge >= 0.3 is 13.8 Å². The van der Waals surface area contributed by atoms with Crippen LogP contribution in [0.25, 0.3) is 0 Å². The summed E-state index contributed by atoms with van der Waals surface area (Å²) in [6, 6.07) is 0. The van der Waals surface area contributed by atoms with Gasteiger partial charge in [0, 0.05) is 13.0 Å². The third-order valence-corrected chi connectivity index (χ3v) is 13.2. The molecule has 0 saturated carbocycles. The van der Waals surface area contributed by atoms with E-state index in [1.807, 2.05) is 21.1 Å². The van der Waals surface area contributed by atoms with E-state index in [-0.39, 0.29) is 25.8 Å². The molecule has 0 bridgehead atoms. The summed E-state index contributed by atoms with van der Waals surface area (Å²) in [5.74, 6) is -0.308. The predicted octanol–water partition coefficient (Wildman–Crippen LogP) is 17.1. The van der Waals surface area contributed by atoms with Crippen LogP contribution in [0, 0.1) is 0 Å². The molecule has 0 spiro atoms. The molecule has 1 N–H and O–H groups in total. The summed E-state index contributed by atoms with van der Waals surface area (Å²) >= 11 is 0. The van der Waals surface area contributed by atoms with Crippen LogP contribution >= 0.6 is 7.82 Å². The number of quaternary nitrogens is 1. The number of esters is 1. The fraction of sp³-hybridized carbons (Fsp3) is 0.909. The maximum absolute atomic E-state index is 12.8. The van der Waals surface area contributed by atoms with Gasteiger partial charge < -0.3 is 18.9 Å². The second kappa shape index (κ2) is 48.4. The molecule has 0 aliphatic carbocycles. The van der Waals surface area contributed by atoms with E-state index in [4.69, 9.17) is 18.5 Å². The monoisotopic (exact) mass is 927 g/mol. The van der Waals surface area contributed by atoms with Crippen LogP contribution in [0.2, 0.25) is 0 Å². The normalized spacial score (nSPS) is 13.7. The Kier molecular flexibility index (Phi) is 47.7. The molecule has 64 heavy (non-hydrogen) atoms. The largest absolute Gasteiger partial charge is 0.472 e. The minimum atomic E-state index is -4.28. The SMILES string of the molecule is CCCCCCC/C=C\C/C=C\CCCCCCCCCCCCOCC(COP(=O)(O)OCC[N+](C)(C)C)OC(=O)CCCCCCCCCCCCCCCCCCCCCC. The summed E-state index contributed by atoms with van der Waals surface area (Å²) in [6.07, 6.45) is 58.0. The lowest BCUT2D eigenvalue weighted by Crippen LogP contribution is -2.37. The zero-order chi connectivity index (χ0) is 46.9. The number of allylic oxidation sites excluding steroid dienone is 4. The zero-order valence-electron chi connectivity index (χ0n) is 43.3. The van der Waals surface area contributed by atoms with Gasteiger partial charge in [0.05, 0.1) is 34.4 Å². The first-order valence-electron chi connectivity index (χ1n) is 27.6. The molecule has 9 heteroatoms. The van der Waals surface area contributed by atoms with Crippen LogP contribution in [-0.2, 0) is 27.9 Å². The Labute approximate surface area is 398 Å². The maximum atomic E-state index is 12.8. The number of carbonyl (C=O) groups is 1. The van der Waals surface area contributed by atoms with Crippen molar-refractivity contribution in [3.05, 3.63) is 24.3 Å². The summed E-state index contributed by atoms with van der Waals surface area (Å²) in [7, 11) is 1.68. The molecular formula is C55H109NO7P+. The van der Waals surface area contributed by atoms with Gasteiger partial charge in [-0.2, -0.15) is 0 Å². The van der Waals surface area contributed by atoms with Gasteiger partial charge in [-0.15, -0.1) is 0 Å². The van der Waals surface area contributed by atoms with Crippen molar-refractivity contribution in [1.29, 1.82) is 0 Å². The molecule has 380 valence electrons. The van der Waals surface area contributed by atoms with Crippen molar-refractivity contribution in [3.63, 3.8) is 0 Å². The van der Waals surface area contributed by atoms with E-state index >= 15 is 0 Å². The number of likely N-dealkylation sites (N-methyl/N-ethyl adjacent to an activating group) is 1. The number of hydrogen-bond donors (Lipinski definition) is 1. The molecule has 0 amide bonds. The standard InChI is InChI=1S/C55H108NO7P/c1-6-8-10-12-14-16-18-20-22-24-26-28-29-31-33-35-37-39-41-43-45-47-50-60-52-54(53-62-64(58,59)61-51-49-56(3,4)5)63-55(57)48-46-44-42-40-38-36-34-32-30-27-25-23-21-19-17-15-13-11-9-7-2/h18,20,24,26,54H,6-17,19,21-23,25,27-53H2,1-5H3/p+1/b20-18-,26-24-. The van der Waals surface area contributed by atoms with Crippen LogP contribution in [0.5, 0.6) is 0 Å². The molecule has 0 saturated heterocycles. The van der Waals surface area contributed by atoms with Crippen LogP contribution in [0.15, 0.2) is 24.3 Å². The van der Waals surface area contributed by atoms with E-state index in [0.717, 1.165) is 38.5 Å². The molecule has 0 aromatic carbocycles. The van der Waals surface area contributed by atoms with Crippen molar-refractivity contribution >= 4 is 13.8 Å². The highest BCUT2D eigenvalue weighted by atomic mass is 31.2. The van der Waals surface area contributed by atoms with Gasteiger partial charge in [-0.1, -0.05) is 237 Å². The molecule has 0 aromatic rings. The van der Waals surface area contributed by atoms with E-state index < -0.39 is 13.9 Å². The summed E-state index contributed by atoms with van der Waals surface area (Å²) < 4.78 is 35.2. The van der Waals surface area contributed by atoms with E-state index in [0.29, 0.717) is 24.1 Å². The van der Waals surface area contributed by atoms with Gasteiger partial charge in [0.25, 0.3) is 0 Å². The average Bonchev–Trinajstić information content (AvgIpc) is 3.25. The Morgan fingerprint density at radius 1 is 0.484 bits per heavy atom. The molecule has 2 unspecified atom stereocenters. The van der Waals surface area contributed by atoms with Crippen LogP contribution in [-0.4, -0.2) is 75.6 Å². The van der Waals surface area contributed by atoms with E-state index in [2.05, 4.69) is 38.2 Å². The van der Waals surface area contributed by atoms with E-state index in [1.165, 1.54) is 205 Å². The van der Waals surface area contributed by atoms with E-state index in [1.54, 1.807) is 0 Å². The molecular weight excluding hydrogens is 818 g/mol. The lowest BCUT2D eigenvalue weighted by atomic mass is 10.0. The van der Waals surface area contributed by atoms with Crippen LogP contribution in [0.1, 0.15) is 264 Å². The average molecular weight is 927 g/mol. The molecule has 2 atom stereocenters. The molecule has 0 radical (unpaired) electrons. The van der Waals surface area contributed by atoms with Gasteiger partial charge in [0.15, 0.2) is 0 Å². The van der Waals surface area contributed by atoms with Crippen molar-refractivity contribution < 1.29 is 37.3 Å². The summed E-state index contributed by atoms with van der Waals surface area (Å²) in [5.41, 5.74) is 0. The topological polar surface area (TPSA) is 91.3 Å². The molecule has 0 fully saturated rings. The first kappa shape index (κ1) is 63.0. The molecule has 0 heterocycles. The van der Waals surface area contributed by atoms with Crippen LogP contribution < -0.4 is 0 Å². The van der Waals surface area contributed by atoms with Gasteiger partial charge in [-0.05, 0) is 44.9 Å². The van der Waals surface area contributed by atoms with E-state index in [9.17, 15) is 14.3 Å². The van der Waals surface area contributed by atoms with Gasteiger partial charge in [0.1, 0.15) is 19.3 Å². The maximum Gasteiger partial charge on any atom is 0.472 e. The molecule has 0 aliphatic rings. The zero-order valence-corrected chi connectivity index (χ0v) is 44.2. The Bertz CT molecular complexity index is 1080. The Morgan fingerprint density at radius 2 is 0.859 bits per heavy atom. The molecule has 0 aromatic heterocycles. The summed E-state index contributed by atoms with van der Waals surface area (Å²) in [4.78, 5) is 23.0. The highest BCUT2D eigenvalue weighted by Crippen LogP contribution is 2.43. The van der Waals surface area contributed by atoms with Gasteiger partial charge in [0.2, 0.25) is 0 Å². The van der Waals surface area contributed by atoms with Gasteiger partial charge in [-0.25, -0.2) is 4.57 Å². The minimum absolute atomic E-state index is 0.0906. The highest BCUT2D eigenvalue weighted by Gasteiger charge is 2.26. The smallest absolute Gasteiger partial charge is 0.457 e. The fourth-order valence-electron chi connectivity index (χ4n) is 8.00. The third kappa shape index (κ3) is 52.0. The minimum Gasteiger partial charge on any atom is -0.457 e. The van der Waals surface area contributed by atoms with Crippen molar-refractivity contribution in [2.24, 2.45) is 0 Å². The number of hydrogen-bond acceptors (Lipinski definition) is 6. The fourth-order valence-corrected chi connectivity index (χ4v) is 8.74. The molecule has 8 nitrogen and oxygen atoms in total. The third-order valence-electron chi connectivity index (χ3n) is 12.3. The molecule has 0 aliphatic heterocycles. The lowest BCUT2D eigenvalue weighted by Gasteiger charge is -2.24. The van der Waals surface area contributed by atoms with Crippen molar-refractivity contribution in [3.8, 4) is 0 Å². The number of carbonyl (C=O) groups excluding carboxylic acids is 1. The second-order valence-electron chi connectivity index (χ2n) is 20.0. The van der Waals surface area contributed by atoms with Crippen molar-refractivity contribution in [2.45, 2.75) is 270 Å². The predicted molar refractivity (Wildman–Crippen MR) is 275 cm³/mol. The Hall–Kier alpha value is -1.02. The summed E-state index contributed by atoms with van der Waals surface area (Å²) in [5, 5.41) is 0. The number of phosphoric ester groups is 1. The van der Waals surface area contributed by atoms with Gasteiger partial charge in [-0.3, -0.25) is 13.8 Å². The summed E-state index contributed by atoms with van der Waals surface area (Å²) in [6.45, 7) is 5.67. The first-order valence-corrected chi connectivity index (χ1v) is 29.1.